The highest BCUT2D eigenvalue weighted by molar-refractivity contribution is 6.30. The van der Waals surface area contributed by atoms with Gasteiger partial charge in [0.15, 0.2) is 0 Å². The lowest BCUT2D eigenvalue weighted by Gasteiger charge is -2.27. The van der Waals surface area contributed by atoms with Crippen LogP contribution < -0.4 is 10.1 Å². The zero-order chi connectivity index (χ0) is 12.5. The van der Waals surface area contributed by atoms with Crippen LogP contribution in [0.2, 0.25) is 5.02 Å². The topological polar surface area (TPSA) is 21.3 Å². The summed E-state index contributed by atoms with van der Waals surface area (Å²) in [6.45, 7) is 0.638. The summed E-state index contributed by atoms with van der Waals surface area (Å²) in [5.41, 5.74) is 1.84. The summed E-state index contributed by atoms with van der Waals surface area (Å²) in [6.07, 6.45) is -0.155. The molecular weight excluding hydrogens is 253 g/mol. The van der Waals surface area contributed by atoms with Crippen LogP contribution in [0.5, 0.6) is 5.75 Å². The lowest BCUT2D eigenvalue weighted by Crippen LogP contribution is -2.23. The van der Waals surface area contributed by atoms with Crippen LogP contribution in [0.4, 0.5) is 10.1 Å². The Balaban J connectivity index is 1.89. The third-order valence-electron chi connectivity index (χ3n) is 2.95. The largest absolute Gasteiger partial charge is 0.482 e. The molecule has 2 nitrogen and oxygen atoms in total. The fourth-order valence-corrected chi connectivity index (χ4v) is 2.20. The number of ether oxygens (including phenoxy) is 1. The molecule has 0 spiro atoms. The van der Waals surface area contributed by atoms with Gasteiger partial charge in [0, 0.05) is 0 Å². The Labute approximate surface area is 109 Å². The molecule has 2 aromatic carbocycles. The van der Waals surface area contributed by atoms with E-state index in [2.05, 4.69) is 5.32 Å². The molecule has 0 saturated carbocycles. The summed E-state index contributed by atoms with van der Waals surface area (Å²) in [5, 5.41) is 3.40. The number of hydrogen-bond donors (Lipinski definition) is 1. The second kappa shape index (κ2) is 4.50. The predicted octanol–water partition coefficient (Wildman–Crippen LogP) is 4.02. The minimum atomic E-state index is -0.412. The van der Waals surface area contributed by atoms with E-state index in [9.17, 15) is 4.39 Å². The van der Waals surface area contributed by atoms with Crippen molar-refractivity contribution in [2.75, 3.05) is 11.9 Å². The number of benzene rings is 2. The number of nitrogens with one attached hydrogen (secondary N) is 1. The lowest BCUT2D eigenvalue weighted by molar-refractivity contribution is 0.210. The number of para-hydroxylation sites is 2. The number of halogens is 2. The van der Waals surface area contributed by atoms with Gasteiger partial charge in [0.05, 0.1) is 17.3 Å². The average Bonchev–Trinajstić information content (AvgIpc) is 2.41. The van der Waals surface area contributed by atoms with Crippen molar-refractivity contribution in [2.24, 2.45) is 0 Å². The van der Waals surface area contributed by atoms with E-state index in [1.54, 1.807) is 12.1 Å². The molecule has 1 heterocycles. The van der Waals surface area contributed by atoms with Crippen LogP contribution in [-0.4, -0.2) is 6.54 Å². The van der Waals surface area contributed by atoms with Crippen molar-refractivity contribution in [1.29, 1.82) is 0 Å². The second-order valence-corrected chi connectivity index (χ2v) is 4.56. The minimum absolute atomic E-state index is 0.120. The van der Waals surface area contributed by atoms with E-state index >= 15 is 0 Å². The van der Waals surface area contributed by atoms with Gasteiger partial charge in [0.1, 0.15) is 17.7 Å². The van der Waals surface area contributed by atoms with Gasteiger partial charge in [-0.3, -0.25) is 0 Å². The smallest absolute Gasteiger partial charge is 0.143 e. The standard InChI is InChI=1S/C14H11ClFNO/c15-10-7-9(5-6-11(10)16)14-8-17-12-3-1-2-4-13(12)18-14/h1-7,14,17H,8H2. The van der Waals surface area contributed by atoms with E-state index in [0.717, 1.165) is 17.0 Å². The van der Waals surface area contributed by atoms with E-state index in [4.69, 9.17) is 16.3 Å². The molecular formula is C14H11ClFNO. The summed E-state index contributed by atoms with van der Waals surface area (Å²) in [4.78, 5) is 0. The summed E-state index contributed by atoms with van der Waals surface area (Å²) in [6, 6.07) is 12.4. The molecule has 1 aliphatic heterocycles. The lowest BCUT2D eigenvalue weighted by atomic mass is 10.1. The minimum Gasteiger partial charge on any atom is -0.482 e. The van der Waals surface area contributed by atoms with Crippen molar-refractivity contribution in [3.63, 3.8) is 0 Å². The highest BCUT2D eigenvalue weighted by Crippen LogP contribution is 2.34. The molecule has 18 heavy (non-hydrogen) atoms. The van der Waals surface area contributed by atoms with Gasteiger partial charge in [0.25, 0.3) is 0 Å². The Morgan fingerprint density at radius 1 is 1.22 bits per heavy atom. The third kappa shape index (κ3) is 2.02. The fraction of sp³-hybridized carbons (Fsp3) is 0.143. The van der Waals surface area contributed by atoms with E-state index in [0.29, 0.717) is 6.54 Å². The molecule has 0 fully saturated rings. The van der Waals surface area contributed by atoms with Crippen LogP contribution in [0.1, 0.15) is 11.7 Å². The van der Waals surface area contributed by atoms with Crippen LogP contribution in [0.15, 0.2) is 42.5 Å². The van der Waals surface area contributed by atoms with Gasteiger partial charge < -0.3 is 10.1 Å². The van der Waals surface area contributed by atoms with Crippen molar-refractivity contribution in [2.45, 2.75) is 6.10 Å². The molecule has 0 aromatic heterocycles. The molecule has 4 heteroatoms. The van der Waals surface area contributed by atoms with Crippen LogP contribution in [-0.2, 0) is 0 Å². The molecule has 3 rings (SSSR count). The summed E-state index contributed by atoms with van der Waals surface area (Å²) in [7, 11) is 0. The molecule has 0 radical (unpaired) electrons. The summed E-state index contributed by atoms with van der Waals surface area (Å²) in [5.74, 6) is 0.388. The van der Waals surface area contributed by atoms with Crippen LogP contribution >= 0.6 is 11.6 Å². The van der Waals surface area contributed by atoms with Gasteiger partial charge in [0.2, 0.25) is 0 Å². The molecule has 1 N–H and O–H groups in total. The molecule has 1 atom stereocenters. The molecule has 0 aliphatic carbocycles. The Hall–Kier alpha value is -1.74. The number of rotatable bonds is 1. The first-order chi connectivity index (χ1) is 8.74. The van der Waals surface area contributed by atoms with Crippen molar-refractivity contribution in [1.82, 2.24) is 0 Å². The molecule has 92 valence electrons. The highest BCUT2D eigenvalue weighted by Gasteiger charge is 2.21. The van der Waals surface area contributed by atoms with Crippen LogP contribution in [0.25, 0.3) is 0 Å². The van der Waals surface area contributed by atoms with E-state index in [-0.39, 0.29) is 11.1 Å². The molecule has 0 amide bonds. The van der Waals surface area contributed by atoms with Crippen molar-refractivity contribution in [3.8, 4) is 5.75 Å². The van der Waals surface area contributed by atoms with Gasteiger partial charge in [-0.15, -0.1) is 0 Å². The van der Waals surface area contributed by atoms with Gasteiger partial charge in [-0.1, -0.05) is 29.8 Å². The van der Waals surface area contributed by atoms with Crippen LogP contribution in [0.3, 0.4) is 0 Å². The first kappa shape index (κ1) is 11.4. The first-order valence-corrected chi connectivity index (χ1v) is 6.06. The van der Waals surface area contributed by atoms with E-state index < -0.39 is 5.82 Å². The Morgan fingerprint density at radius 2 is 2.06 bits per heavy atom. The van der Waals surface area contributed by atoms with Crippen molar-refractivity contribution >= 4 is 17.3 Å². The highest BCUT2D eigenvalue weighted by atomic mass is 35.5. The Bertz CT molecular complexity index is 588. The maximum absolute atomic E-state index is 13.1. The first-order valence-electron chi connectivity index (χ1n) is 5.68. The maximum atomic E-state index is 13.1. The van der Waals surface area contributed by atoms with Gasteiger partial charge in [-0.2, -0.15) is 0 Å². The normalized spacial score (nSPS) is 17.6. The molecule has 0 saturated heterocycles. The number of hydrogen-bond acceptors (Lipinski definition) is 2. The zero-order valence-electron chi connectivity index (χ0n) is 9.49. The zero-order valence-corrected chi connectivity index (χ0v) is 10.2. The molecule has 1 unspecified atom stereocenters. The van der Waals surface area contributed by atoms with Gasteiger partial charge in [-0.25, -0.2) is 4.39 Å². The van der Waals surface area contributed by atoms with E-state index in [1.165, 1.54) is 6.07 Å². The number of fused-ring (bicyclic) bond motifs is 1. The predicted molar refractivity (Wildman–Crippen MR) is 69.7 cm³/mol. The SMILES string of the molecule is Fc1ccc(C2CNc3ccccc3O2)cc1Cl. The second-order valence-electron chi connectivity index (χ2n) is 4.16. The Kier molecular flexibility index (Phi) is 2.84. The van der Waals surface area contributed by atoms with Crippen molar-refractivity contribution < 1.29 is 9.13 Å². The van der Waals surface area contributed by atoms with Crippen LogP contribution in [0, 0.1) is 5.82 Å². The maximum Gasteiger partial charge on any atom is 0.143 e. The third-order valence-corrected chi connectivity index (χ3v) is 3.24. The summed E-state index contributed by atoms with van der Waals surface area (Å²) >= 11 is 5.78. The average molecular weight is 264 g/mol. The summed E-state index contributed by atoms with van der Waals surface area (Å²) < 4.78 is 19.0. The fourth-order valence-electron chi connectivity index (χ4n) is 2.01. The van der Waals surface area contributed by atoms with Gasteiger partial charge in [-0.05, 0) is 29.8 Å². The molecule has 0 bridgehead atoms. The van der Waals surface area contributed by atoms with Gasteiger partial charge >= 0.3 is 0 Å². The van der Waals surface area contributed by atoms with E-state index in [1.807, 2.05) is 24.3 Å². The van der Waals surface area contributed by atoms with Crippen molar-refractivity contribution in [3.05, 3.63) is 58.9 Å². The molecule has 2 aromatic rings. The monoisotopic (exact) mass is 263 g/mol. The number of anilines is 1. The quantitative estimate of drug-likeness (QED) is 0.839. The Morgan fingerprint density at radius 3 is 2.89 bits per heavy atom. The molecule has 1 aliphatic rings.